The van der Waals surface area contributed by atoms with Crippen LogP contribution >= 0.6 is 0 Å². The van der Waals surface area contributed by atoms with Crippen molar-refractivity contribution in [2.75, 3.05) is 0 Å². The molecule has 0 aliphatic heterocycles. The second-order valence-corrected chi connectivity index (χ2v) is 5.03. The molecule has 0 atom stereocenters. The lowest BCUT2D eigenvalue weighted by molar-refractivity contribution is 0.464. The normalized spacial score (nSPS) is 11.4. The molecule has 0 aliphatic carbocycles. The molecule has 0 bridgehead atoms. The molecule has 0 aromatic heterocycles. The summed E-state index contributed by atoms with van der Waals surface area (Å²) in [6, 6.07) is 9.66. The van der Waals surface area contributed by atoms with Crippen molar-refractivity contribution < 1.29 is 23.2 Å². The van der Waals surface area contributed by atoms with E-state index >= 15 is 0 Å². The number of hydrogen-bond donors (Lipinski definition) is 3. The largest absolute Gasteiger partial charge is 0.507 e. The van der Waals surface area contributed by atoms with Crippen molar-refractivity contribution in [3.8, 4) is 22.6 Å². The van der Waals surface area contributed by atoms with Crippen LogP contribution < -0.4 is 0 Å². The minimum absolute atomic E-state index is 0.127. The minimum Gasteiger partial charge on any atom is -0.507 e. The van der Waals surface area contributed by atoms with Crippen LogP contribution in [0.4, 0.5) is 0 Å². The highest BCUT2D eigenvalue weighted by atomic mass is 32.2. The Balaban J connectivity index is 2.84. The maximum Gasteiger partial charge on any atom is 0.295 e. The van der Waals surface area contributed by atoms with E-state index < -0.39 is 15.0 Å². The van der Waals surface area contributed by atoms with E-state index in [-0.39, 0.29) is 22.6 Å². The molecule has 0 saturated carbocycles. The summed E-state index contributed by atoms with van der Waals surface area (Å²) in [4.78, 5) is -0.455. The third kappa shape index (κ3) is 2.15. The van der Waals surface area contributed by atoms with Gasteiger partial charge in [-0.15, -0.1) is 0 Å². The van der Waals surface area contributed by atoms with Crippen LogP contribution in [0.1, 0.15) is 0 Å². The zero-order valence-corrected chi connectivity index (χ0v) is 9.92. The Kier molecular flexibility index (Phi) is 2.98. The second-order valence-electron chi connectivity index (χ2n) is 3.64. The molecule has 0 aliphatic rings. The van der Waals surface area contributed by atoms with E-state index in [0.717, 1.165) is 6.07 Å². The van der Waals surface area contributed by atoms with E-state index in [0.29, 0.717) is 0 Å². The fourth-order valence-electron chi connectivity index (χ4n) is 1.69. The number of hydrogen-bond acceptors (Lipinski definition) is 4. The Morgan fingerprint density at radius 2 is 1.44 bits per heavy atom. The van der Waals surface area contributed by atoms with Crippen molar-refractivity contribution in [3.63, 3.8) is 0 Å². The van der Waals surface area contributed by atoms with Crippen molar-refractivity contribution in [2.24, 2.45) is 0 Å². The third-order valence-corrected chi connectivity index (χ3v) is 3.35. The lowest BCUT2D eigenvalue weighted by Crippen LogP contribution is -2.01. The zero-order chi connectivity index (χ0) is 13.3. The molecule has 0 saturated heterocycles. The first-order valence-corrected chi connectivity index (χ1v) is 6.43. The molecule has 0 radical (unpaired) electrons. The van der Waals surface area contributed by atoms with Gasteiger partial charge >= 0.3 is 0 Å². The van der Waals surface area contributed by atoms with Gasteiger partial charge in [0.25, 0.3) is 10.1 Å². The molecule has 0 fully saturated rings. The lowest BCUT2D eigenvalue weighted by atomic mass is 10.0. The molecular formula is C12H10O5S. The molecule has 3 N–H and O–H groups in total. The first-order valence-electron chi connectivity index (χ1n) is 4.99. The number of aromatic hydroxyl groups is 2. The van der Waals surface area contributed by atoms with Crippen LogP contribution in [-0.2, 0) is 10.1 Å². The molecule has 6 heteroatoms. The maximum absolute atomic E-state index is 11.3. The molecule has 0 amide bonds. The summed E-state index contributed by atoms with van der Waals surface area (Å²) in [6.45, 7) is 0. The first-order chi connectivity index (χ1) is 8.41. The summed E-state index contributed by atoms with van der Waals surface area (Å²) in [7, 11) is -4.49. The van der Waals surface area contributed by atoms with Gasteiger partial charge < -0.3 is 10.2 Å². The molecule has 0 heterocycles. The fraction of sp³-hybridized carbons (Fsp3) is 0. The predicted octanol–water partition coefficient (Wildman–Crippen LogP) is 2.01. The number of rotatable bonds is 2. The van der Waals surface area contributed by atoms with Crippen molar-refractivity contribution in [2.45, 2.75) is 4.90 Å². The summed E-state index contributed by atoms with van der Waals surface area (Å²) >= 11 is 0. The quantitative estimate of drug-likeness (QED) is 0.723. The molecule has 18 heavy (non-hydrogen) atoms. The van der Waals surface area contributed by atoms with Gasteiger partial charge in [0, 0.05) is 11.1 Å². The number of phenols is 2. The summed E-state index contributed by atoms with van der Waals surface area (Å²) in [6.07, 6.45) is 0. The Bertz CT molecular complexity index is 691. The molecule has 2 rings (SSSR count). The van der Waals surface area contributed by atoms with Crippen molar-refractivity contribution in [1.82, 2.24) is 0 Å². The molecule has 0 unspecified atom stereocenters. The van der Waals surface area contributed by atoms with E-state index in [1.165, 1.54) is 24.3 Å². The van der Waals surface area contributed by atoms with E-state index in [1.54, 1.807) is 12.1 Å². The SMILES string of the molecule is O=S(=O)(O)c1cccc(O)c1-c1ccccc1O. The van der Waals surface area contributed by atoms with Gasteiger partial charge in [-0.3, -0.25) is 4.55 Å². The highest BCUT2D eigenvalue weighted by molar-refractivity contribution is 7.86. The summed E-state index contributed by atoms with van der Waals surface area (Å²) < 4.78 is 31.6. The smallest absolute Gasteiger partial charge is 0.295 e. The van der Waals surface area contributed by atoms with Crippen LogP contribution in [0.25, 0.3) is 11.1 Å². The molecule has 2 aromatic rings. The van der Waals surface area contributed by atoms with Gasteiger partial charge in [-0.2, -0.15) is 8.42 Å². The highest BCUT2D eigenvalue weighted by Crippen LogP contribution is 2.39. The summed E-state index contributed by atoms with van der Waals surface area (Å²) in [5.74, 6) is -0.532. The molecule has 2 aromatic carbocycles. The van der Waals surface area contributed by atoms with Crippen LogP contribution in [0.5, 0.6) is 11.5 Å². The molecular weight excluding hydrogens is 256 g/mol. The van der Waals surface area contributed by atoms with Gasteiger partial charge in [0.2, 0.25) is 0 Å². The Hall–Kier alpha value is -2.05. The topological polar surface area (TPSA) is 94.8 Å². The first kappa shape index (κ1) is 12.4. The van der Waals surface area contributed by atoms with E-state index in [9.17, 15) is 18.6 Å². The Morgan fingerprint density at radius 1 is 0.833 bits per heavy atom. The molecule has 5 nitrogen and oxygen atoms in total. The van der Waals surface area contributed by atoms with Crippen LogP contribution in [0.3, 0.4) is 0 Å². The highest BCUT2D eigenvalue weighted by Gasteiger charge is 2.21. The lowest BCUT2D eigenvalue weighted by Gasteiger charge is -2.10. The van der Waals surface area contributed by atoms with Crippen molar-refractivity contribution >= 4 is 10.1 Å². The van der Waals surface area contributed by atoms with Crippen molar-refractivity contribution in [1.29, 1.82) is 0 Å². The average molecular weight is 266 g/mol. The third-order valence-electron chi connectivity index (χ3n) is 2.46. The van der Waals surface area contributed by atoms with Crippen LogP contribution in [-0.4, -0.2) is 23.2 Å². The van der Waals surface area contributed by atoms with Crippen molar-refractivity contribution in [3.05, 3.63) is 42.5 Å². The van der Waals surface area contributed by atoms with Gasteiger partial charge in [-0.25, -0.2) is 0 Å². The molecule has 94 valence electrons. The summed E-state index contributed by atoms with van der Waals surface area (Å²) in [5, 5.41) is 19.4. The standard InChI is InChI=1S/C12H10O5S/c13-9-5-2-1-4-8(9)12-10(14)6-3-7-11(12)18(15,16)17/h1-7,13-14H,(H,15,16,17). The van der Waals surface area contributed by atoms with Crippen LogP contribution in [0.15, 0.2) is 47.4 Å². The van der Waals surface area contributed by atoms with Crippen LogP contribution in [0, 0.1) is 0 Å². The Morgan fingerprint density at radius 3 is 2.06 bits per heavy atom. The number of para-hydroxylation sites is 1. The number of phenolic OH excluding ortho intramolecular Hbond substituents is 2. The summed E-state index contributed by atoms with van der Waals surface area (Å²) in [5.41, 5.74) is 0.00123. The van der Waals surface area contributed by atoms with E-state index in [1.807, 2.05) is 0 Å². The monoisotopic (exact) mass is 266 g/mol. The van der Waals surface area contributed by atoms with Gasteiger partial charge in [-0.05, 0) is 18.2 Å². The minimum atomic E-state index is -4.49. The zero-order valence-electron chi connectivity index (χ0n) is 9.11. The van der Waals surface area contributed by atoms with Gasteiger partial charge in [-0.1, -0.05) is 24.3 Å². The van der Waals surface area contributed by atoms with E-state index in [4.69, 9.17) is 4.55 Å². The Labute approximate surface area is 104 Å². The van der Waals surface area contributed by atoms with Gasteiger partial charge in [0.1, 0.15) is 16.4 Å². The predicted molar refractivity (Wildman–Crippen MR) is 65.0 cm³/mol. The number of benzene rings is 2. The van der Waals surface area contributed by atoms with Crippen LogP contribution in [0.2, 0.25) is 0 Å². The maximum atomic E-state index is 11.3. The van der Waals surface area contributed by atoms with E-state index in [2.05, 4.69) is 0 Å². The molecule has 0 spiro atoms. The van der Waals surface area contributed by atoms with Gasteiger partial charge in [0.05, 0.1) is 0 Å². The average Bonchev–Trinajstić information content (AvgIpc) is 2.29. The van der Waals surface area contributed by atoms with Gasteiger partial charge in [0.15, 0.2) is 0 Å². The fourth-order valence-corrected chi connectivity index (χ4v) is 2.41. The second kappa shape index (κ2) is 4.32.